The molecule has 0 bridgehead atoms. The van der Waals surface area contributed by atoms with Crippen molar-refractivity contribution >= 4 is 34.8 Å². The molecule has 0 heterocycles. The second kappa shape index (κ2) is 8.05. The van der Waals surface area contributed by atoms with Gasteiger partial charge in [-0.2, -0.15) is 0 Å². The molecule has 0 aliphatic carbocycles. The van der Waals surface area contributed by atoms with E-state index in [1.54, 1.807) is 41.5 Å². The van der Waals surface area contributed by atoms with E-state index in [9.17, 15) is 9.59 Å². The first-order valence-electron chi connectivity index (χ1n) is 7.52. The van der Waals surface area contributed by atoms with E-state index in [0.29, 0.717) is 15.7 Å². The van der Waals surface area contributed by atoms with Gasteiger partial charge in [-0.25, -0.2) is 14.5 Å². The largest absolute Gasteiger partial charge is 0.443 e. The van der Waals surface area contributed by atoms with E-state index in [2.05, 4.69) is 22.6 Å². The normalized spacial score (nSPS) is 14.2. The molecule has 6 heteroatoms. The van der Waals surface area contributed by atoms with Gasteiger partial charge in [-0.05, 0) is 58.8 Å². The Morgan fingerprint density at radius 3 is 1.70 bits per heavy atom. The molecule has 0 aliphatic heterocycles. The molecule has 0 aromatic heterocycles. The molecular formula is C14H26INO4. The van der Waals surface area contributed by atoms with E-state index in [1.165, 1.54) is 0 Å². The van der Waals surface area contributed by atoms with Gasteiger partial charge in [0.2, 0.25) is 0 Å². The number of halogens is 1. The summed E-state index contributed by atoms with van der Waals surface area (Å²) in [5.74, 6) is 0. The number of carbonyl (C=O) groups is 2. The van der Waals surface area contributed by atoms with Crippen LogP contribution in [0.1, 0.15) is 57.1 Å². The smallest absolute Gasteiger partial charge is 0.419 e. The minimum Gasteiger partial charge on any atom is -0.443 e. The Balaban J connectivity index is 5.39. The fourth-order valence-corrected chi connectivity index (χ4v) is 1.46. The zero-order valence-corrected chi connectivity index (χ0v) is 15.2. The highest BCUT2D eigenvalue weighted by atomic mass is 127. The number of hydrogen-bond acceptors (Lipinski definition) is 4. The van der Waals surface area contributed by atoms with E-state index in [4.69, 9.17) is 12.2 Å². The molecule has 0 saturated carbocycles. The summed E-state index contributed by atoms with van der Waals surface area (Å²) in [6.45, 7) is 7.74. The molecule has 20 heavy (non-hydrogen) atoms. The Hall–Kier alpha value is -0.530. The average Bonchev–Trinajstić information content (AvgIpc) is 2.20. The monoisotopic (exact) mass is 401 g/mol. The fraction of sp³-hybridized carbons (Fsp3) is 0.857. The summed E-state index contributed by atoms with van der Waals surface area (Å²) in [7, 11) is 0. The number of hydrogen-bond donors (Lipinski definition) is 0. The van der Waals surface area contributed by atoms with Crippen LogP contribution >= 0.6 is 22.6 Å². The maximum Gasteiger partial charge on any atom is 0.419 e. The third-order valence-corrected chi connectivity index (χ3v) is 2.50. The minimum absolute atomic E-state index is 0.0222. The molecule has 0 saturated heterocycles. The predicted molar refractivity (Wildman–Crippen MR) is 87.3 cm³/mol. The van der Waals surface area contributed by atoms with E-state index < -0.39 is 29.9 Å². The molecule has 0 aromatic rings. The second-order valence-corrected chi connectivity index (χ2v) is 7.33. The Bertz CT molecular complexity index is 375. The van der Waals surface area contributed by atoms with Crippen molar-refractivity contribution in [2.24, 2.45) is 0 Å². The summed E-state index contributed by atoms with van der Waals surface area (Å²) in [5.41, 5.74) is -1.67. The Kier molecular flexibility index (Phi) is 6.38. The minimum atomic E-state index is -2.17. The van der Waals surface area contributed by atoms with Gasteiger partial charge >= 0.3 is 12.2 Å². The van der Waals surface area contributed by atoms with Crippen molar-refractivity contribution in [1.82, 2.24) is 4.90 Å². The number of carbonyl (C=O) groups excluding carboxylic acids is 2. The maximum atomic E-state index is 12.3. The molecule has 2 amide bonds. The third kappa shape index (κ3) is 9.39. The summed E-state index contributed by atoms with van der Waals surface area (Å²) < 4.78 is 27.1. The molecule has 0 aliphatic rings. The van der Waals surface area contributed by atoms with Gasteiger partial charge < -0.3 is 9.47 Å². The van der Waals surface area contributed by atoms with Gasteiger partial charge in [-0.1, -0.05) is 22.6 Å². The molecule has 0 atom stereocenters. The van der Waals surface area contributed by atoms with E-state index in [1.807, 2.05) is 0 Å². The first kappa shape index (κ1) is 15.9. The standard InChI is InChI=1S/C14H26INO4/c1-13(2,3)19-11(17)16(10-8-7-9-15)12(18)20-14(4,5)6/h7-10H2,1-6H3/i10D2. The van der Waals surface area contributed by atoms with Crippen LogP contribution in [0.2, 0.25) is 0 Å². The van der Waals surface area contributed by atoms with E-state index in [0.717, 1.165) is 0 Å². The molecule has 0 rings (SSSR count). The molecule has 0 spiro atoms. The predicted octanol–water partition coefficient (Wildman–Crippen LogP) is 4.37. The van der Waals surface area contributed by atoms with Crippen LogP contribution < -0.4 is 0 Å². The lowest BCUT2D eigenvalue weighted by Gasteiger charge is -2.28. The summed E-state index contributed by atoms with van der Waals surface area (Å²) in [6.07, 6.45) is -1.54. The molecular weight excluding hydrogens is 373 g/mol. The zero-order valence-electron chi connectivity index (χ0n) is 15.1. The molecule has 118 valence electrons. The van der Waals surface area contributed by atoms with Crippen LogP contribution in [0, 0.1) is 0 Å². The highest BCUT2D eigenvalue weighted by molar-refractivity contribution is 14.1. The van der Waals surface area contributed by atoms with Gasteiger partial charge in [-0.15, -0.1) is 0 Å². The van der Waals surface area contributed by atoms with Crippen molar-refractivity contribution in [3.63, 3.8) is 0 Å². The molecule has 0 fully saturated rings. The number of ether oxygens (including phenoxy) is 2. The Labute approximate surface area is 138 Å². The first-order chi connectivity index (χ1) is 9.69. The van der Waals surface area contributed by atoms with Crippen molar-refractivity contribution in [2.75, 3.05) is 10.9 Å². The van der Waals surface area contributed by atoms with Crippen molar-refractivity contribution < 1.29 is 21.8 Å². The Morgan fingerprint density at radius 2 is 1.40 bits per heavy atom. The van der Waals surface area contributed by atoms with Crippen LogP contribution in [-0.2, 0) is 9.47 Å². The number of rotatable bonds is 4. The van der Waals surface area contributed by atoms with Crippen molar-refractivity contribution in [3.05, 3.63) is 0 Å². The lowest BCUT2D eigenvalue weighted by Crippen LogP contribution is -2.44. The molecule has 0 radical (unpaired) electrons. The molecule has 0 N–H and O–H groups in total. The van der Waals surface area contributed by atoms with Gasteiger partial charge in [0.15, 0.2) is 0 Å². The second-order valence-electron chi connectivity index (χ2n) is 6.25. The van der Waals surface area contributed by atoms with Crippen LogP contribution in [0.5, 0.6) is 0 Å². The van der Waals surface area contributed by atoms with Crippen LogP contribution in [0.4, 0.5) is 9.59 Å². The first-order valence-corrected chi connectivity index (χ1v) is 8.04. The molecule has 0 aromatic carbocycles. The number of imide groups is 1. The summed E-state index contributed by atoms with van der Waals surface area (Å²) in [5, 5.41) is 0. The van der Waals surface area contributed by atoms with Crippen LogP contribution in [-0.4, -0.2) is 39.2 Å². The average molecular weight is 401 g/mol. The summed E-state index contributed by atoms with van der Waals surface area (Å²) in [6, 6.07) is 0. The van der Waals surface area contributed by atoms with Gasteiger partial charge in [0.1, 0.15) is 11.2 Å². The molecule has 5 nitrogen and oxygen atoms in total. The van der Waals surface area contributed by atoms with Gasteiger partial charge in [0.25, 0.3) is 0 Å². The lowest BCUT2D eigenvalue weighted by atomic mass is 10.2. The van der Waals surface area contributed by atoms with E-state index >= 15 is 0 Å². The number of alkyl halides is 1. The van der Waals surface area contributed by atoms with Crippen molar-refractivity contribution in [1.29, 1.82) is 0 Å². The van der Waals surface area contributed by atoms with Crippen LogP contribution in [0.3, 0.4) is 0 Å². The molecule has 0 unspecified atom stereocenters. The van der Waals surface area contributed by atoms with Gasteiger partial charge in [0, 0.05) is 6.50 Å². The quantitative estimate of drug-likeness (QED) is 0.519. The fourth-order valence-electron chi connectivity index (χ4n) is 1.08. The van der Waals surface area contributed by atoms with Crippen molar-refractivity contribution in [2.45, 2.75) is 65.6 Å². The van der Waals surface area contributed by atoms with Crippen LogP contribution in [0.15, 0.2) is 0 Å². The van der Waals surface area contributed by atoms with E-state index in [-0.39, 0.29) is 6.42 Å². The number of amides is 2. The summed E-state index contributed by atoms with van der Waals surface area (Å²) in [4.78, 5) is 25.0. The lowest BCUT2D eigenvalue weighted by molar-refractivity contribution is 0.00129. The summed E-state index contributed by atoms with van der Waals surface area (Å²) >= 11 is 2.11. The highest BCUT2D eigenvalue weighted by Crippen LogP contribution is 2.15. The third-order valence-electron chi connectivity index (χ3n) is 1.73. The van der Waals surface area contributed by atoms with Crippen molar-refractivity contribution in [3.8, 4) is 0 Å². The van der Waals surface area contributed by atoms with Gasteiger partial charge in [-0.3, -0.25) is 0 Å². The Morgan fingerprint density at radius 1 is 1.00 bits per heavy atom. The topological polar surface area (TPSA) is 55.8 Å². The van der Waals surface area contributed by atoms with Gasteiger partial charge in [0.05, 0.1) is 2.74 Å². The number of nitrogens with zero attached hydrogens (tertiary/aromatic N) is 1. The maximum absolute atomic E-state index is 12.3. The SMILES string of the molecule is [2H]C([2H])(CCCI)N(C(=O)OC(C)(C)C)C(=O)OC(C)(C)C. The zero-order chi connectivity index (χ0) is 17.8. The highest BCUT2D eigenvalue weighted by Gasteiger charge is 2.30. The van der Waals surface area contributed by atoms with Crippen LogP contribution in [0.25, 0.3) is 0 Å².